The molecule has 0 aliphatic carbocycles. The Bertz CT molecular complexity index is 272. The van der Waals surface area contributed by atoms with Gasteiger partial charge in [-0.3, -0.25) is 9.69 Å². The fourth-order valence-electron chi connectivity index (χ4n) is 2.07. The van der Waals surface area contributed by atoms with E-state index in [1.807, 2.05) is 13.8 Å². The zero-order valence-electron chi connectivity index (χ0n) is 13.2. The Labute approximate surface area is 123 Å². The number of ether oxygens (including phenoxy) is 2. The Morgan fingerprint density at radius 3 is 2.95 bits per heavy atom. The van der Waals surface area contributed by atoms with Crippen LogP contribution < -0.4 is 5.32 Å². The molecule has 118 valence electrons. The molecule has 0 bridgehead atoms. The lowest BCUT2D eigenvalue weighted by atomic mass is 10.2. The molecule has 1 atom stereocenters. The van der Waals surface area contributed by atoms with Crippen LogP contribution in [0.15, 0.2) is 0 Å². The fraction of sp³-hybridized carbons (Fsp3) is 0.933. The van der Waals surface area contributed by atoms with Gasteiger partial charge in [-0.2, -0.15) is 0 Å². The van der Waals surface area contributed by atoms with Crippen LogP contribution >= 0.6 is 0 Å². The number of hydrogen-bond acceptors (Lipinski definition) is 4. The molecule has 0 spiro atoms. The van der Waals surface area contributed by atoms with E-state index >= 15 is 0 Å². The highest BCUT2D eigenvalue weighted by atomic mass is 16.5. The van der Waals surface area contributed by atoms with E-state index in [2.05, 4.69) is 17.1 Å². The first kappa shape index (κ1) is 17.4. The van der Waals surface area contributed by atoms with E-state index in [1.165, 1.54) is 6.42 Å². The molecule has 0 aromatic rings. The number of carbonyl (C=O) groups excluding carboxylic acids is 1. The van der Waals surface area contributed by atoms with Gasteiger partial charge in [0.25, 0.3) is 0 Å². The molecule has 1 saturated heterocycles. The molecule has 1 aliphatic rings. The summed E-state index contributed by atoms with van der Waals surface area (Å²) in [6, 6.07) is 0. The Kier molecular flexibility index (Phi) is 8.82. The van der Waals surface area contributed by atoms with Gasteiger partial charge in [-0.1, -0.05) is 27.2 Å². The van der Waals surface area contributed by atoms with Gasteiger partial charge in [0.15, 0.2) is 0 Å². The standard InChI is InChI=1S/C15H30N2O3/c1-4-5-8-19-9-6-17-7-10-20-14(12-17)11-16-15(18)13(2)3/h13-14H,4-12H2,1-3H3,(H,16,18)/t14-/m0/s1. The first-order chi connectivity index (χ1) is 9.63. The first-order valence-corrected chi connectivity index (χ1v) is 7.83. The van der Waals surface area contributed by atoms with Crippen molar-refractivity contribution in [2.24, 2.45) is 5.92 Å². The van der Waals surface area contributed by atoms with Crippen LogP contribution in [0, 0.1) is 5.92 Å². The van der Waals surface area contributed by atoms with Crippen molar-refractivity contribution >= 4 is 5.91 Å². The van der Waals surface area contributed by atoms with Gasteiger partial charge in [0.1, 0.15) is 0 Å². The fourth-order valence-corrected chi connectivity index (χ4v) is 2.07. The van der Waals surface area contributed by atoms with Crippen LogP contribution in [0.2, 0.25) is 0 Å². The number of nitrogens with one attached hydrogen (secondary N) is 1. The molecular formula is C15H30N2O3. The van der Waals surface area contributed by atoms with Crippen molar-refractivity contribution in [2.75, 3.05) is 46.0 Å². The highest BCUT2D eigenvalue weighted by Crippen LogP contribution is 2.05. The van der Waals surface area contributed by atoms with Crippen molar-refractivity contribution < 1.29 is 14.3 Å². The second-order valence-electron chi connectivity index (χ2n) is 5.66. The van der Waals surface area contributed by atoms with Crippen LogP contribution in [0.1, 0.15) is 33.6 Å². The molecule has 1 N–H and O–H groups in total. The summed E-state index contributed by atoms with van der Waals surface area (Å²) in [4.78, 5) is 13.9. The summed E-state index contributed by atoms with van der Waals surface area (Å²) in [5, 5.41) is 2.93. The molecule has 1 rings (SSSR count). The van der Waals surface area contributed by atoms with E-state index in [0.717, 1.165) is 45.9 Å². The molecule has 0 aromatic carbocycles. The quantitative estimate of drug-likeness (QED) is 0.649. The van der Waals surface area contributed by atoms with E-state index in [4.69, 9.17) is 9.47 Å². The maximum Gasteiger partial charge on any atom is 0.222 e. The highest BCUT2D eigenvalue weighted by Gasteiger charge is 2.21. The number of carbonyl (C=O) groups is 1. The summed E-state index contributed by atoms with van der Waals surface area (Å²) < 4.78 is 11.3. The molecule has 1 heterocycles. The van der Waals surface area contributed by atoms with Gasteiger partial charge in [0, 0.05) is 38.7 Å². The zero-order valence-corrected chi connectivity index (χ0v) is 13.2. The van der Waals surface area contributed by atoms with Crippen molar-refractivity contribution in [3.05, 3.63) is 0 Å². The maximum absolute atomic E-state index is 11.5. The normalized spacial score (nSPS) is 20.3. The van der Waals surface area contributed by atoms with Crippen LogP contribution in [0.25, 0.3) is 0 Å². The third-order valence-electron chi connectivity index (χ3n) is 3.45. The lowest BCUT2D eigenvalue weighted by Gasteiger charge is -2.33. The average molecular weight is 286 g/mol. The predicted octanol–water partition coefficient (Wildman–Crippen LogP) is 1.28. The van der Waals surface area contributed by atoms with E-state index in [-0.39, 0.29) is 17.9 Å². The lowest BCUT2D eigenvalue weighted by Crippen LogP contribution is -2.48. The van der Waals surface area contributed by atoms with Gasteiger partial charge in [0.05, 0.1) is 19.3 Å². The Balaban J connectivity index is 2.13. The molecule has 20 heavy (non-hydrogen) atoms. The number of morpholine rings is 1. The van der Waals surface area contributed by atoms with Gasteiger partial charge in [-0.05, 0) is 6.42 Å². The highest BCUT2D eigenvalue weighted by molar-refractivity contribution is 5.77. The zero-order chi connectivity index (χ0) is 14.8. The number of unbranched alkanes of at least 4 members (excludes halogenated alkanes) is 1. The first-order valence-electron chi connectivity index (χ1n) is 7.83. The van der Waals surface area contributed by atoms with Crippen LogP contribution in [0.5, 0.6) is 0 Å². The molecule has 0 unspecified atom stereocenters. The lowest BCUT2D eigenvalue weighted by molar-refractivity contribution is -0.125. The Hall–Kier alpha value is -0.650. The molecule has 5 heteroatoms. The smallest absolute Gasteiger partial charge is 0.222 e. The summed E-state index contributed by atoms with van der Waals surface area (Å²) in [5.74, 6) is 0.121. The summed E-state index contributed by atoms with van der Waals surface area (Å²) in [5.41, 5.74) is 0. The monoisotopic (exact) mass is 286 g/mol. The molecule has 1 fully saturated rings. The van der Waals surface area contributed by atoms with Crippen molar-refractivity contribution in [2.45, 2.75) is 39.7 Å². The molecule has 5 nitrogen and oxygen atoms in total. The maximum atomic E-state index is 11.5. The molecular weight excluding hydrogens is 256 g/mol. The van der Waals surface area contributed by atoms with E-state index in [1.54, 1.807) is 0 Å². The van der Waals surface area contributed by atoms with E-state index in [0.29, 0.717) is 6.54 Å². The molecule has 0 aromatic heterocycles. The molecule has 1 aliphatic heterocycles. The van der Waals surface area contributed by atoms with Gasteiger partial charge in [-0.25, -0.2) is 0 Å². The summed E-state index contributed by atoms with van der Waals surface area (Å²) in [6.07, 6.45) is 2.41. The number of rotatable bonds is 9. The SMILES string of the molecule is CCCCOCCN1CCO[C@@H](CNC(=O)C(C)C)C1. The van der Waals surface area contributed by atoms with Gasteiger partial charge in [-0.15, -0.1) is 0 Å². The Morgan fingerprint density at radius 2 is 2.25 bits per heavy atom. The number of nitrogens with zero attached hydrogens (tertiary/aromatic N) is 1. The minimum absolute atomic E-state index is 0.0293. The second-order valence-corrected chi connectivity index (χ2v) is 5.66. The molecule has 1 amide bonds. The molecule has 0 radical (unpaired) electrons. The minimum Gasteiger partial charge on any atom is -0.380 e. The largest absolute Gasteiger partial charge is 0.380 e. The van der Waals surface area contributed by atoms with Crippen molar-refractivity contribution in [3.63, 3.8) is 0 Å². The summed E-state index contributed by atoms with van der Waals surface area (Å²) >= 11 is 0. The number of hydrogen-bond donors (Lipinski definition) is 1. The van der Waals surface area contributed by atoms with Crippen LogP contribution in [0.3, 0.4) is 0 Å². The minimum atomic E-state index is 0.0293. The van der Waals surface area contributed by atoms with E-state index < -0.39 is 0 Å². The Morgan fingerprint density at radius 1 is 1.45 bits per heavy atom. The summed E-state index contributed by atoms with van der Waals surface area (Å²) in [7, 11) is 0. The predicted molar refractivity (Wildman–Crippen MR) is 79.8 cm³/mol. The van der Waals surface area contributed by atoms with Crippen molar-refractivity contribution in [3.8, 4) is 0 Å². The second kappa shape index (κ2) is 10.1. The average Bonchev–Trinajstić information content (AvgIpc) is 2.45. The molecule has 0 saturated carbocycles. The third-order valence-corrected chi connectivity index (χ3v) is 3.45. The van der Waals surface area contributed by atoms with Crippen LogP contribution in [-0.2, 0) is 14.3 Å². The third kappa shape index (κ3) is 7.22. The topological polar surface area (TPSA) is 50.8 Å². The van der Waals surface area contributed by atoms with Crippen molar-refractivity contribution in [1.29, 1.82) is 0 Å². The van der Waals surface area contributed by atoms with E-state index in [9.17, 15) is 4.79 Å². The summed E-state index contributed by atoms with van der Waals surface area (Å²) in [6.45, 7) is 11.7. The number of amides is 1. The van der Waals surface area contributed by atoms with Crippen molar-refractivity contribution in [1.82, 2.24) is 10.2 Å². The van der Waals surface area contributed by atoms with Crippen LogP contribution in [0.4, 0.5) is 0 Å². The van der Waals surface area contributed by atoms with Crippen LogP contribution in [-0.4, -0.2) is 62.9 Å². The van der Waals surface area contributed by atoms with Gasteiger partial charge in [0.2, 0.25) is 5.91 Å². The van der Waals surface area contributed by atoms with Gasteiger partial charge < -0.3 is 14.8 Å². The van der Waals surface area contributed by atoms with Gasteiger partial charge >= 0.3 is 0 Å².